The van der Waals surface area contributed by atoms with Gasteiger partial charge in [0.05, 0.1) is 11.5 Å². The van der Waals surface area contributed by atoms with Crippen LogP contribution in [-0.2, 0) is 26.3 Å². The molecule has 2 N–H and O–H groups in total. The molecule has 2 atom stereocenters. The number of carbonyl (C=O) groups excluding carboxylic acids is 1. The van der Waals surface area contributed by atoms with Gasteiger partial charge >= 0.3 is 0 Å². The molecule has 172 valence electrons. The van der Waals surface area contributed by atoms with E-state index in [-0.39, 0.29) is 17.4 Å². The Balaban J connectivity index is 1.53. The fraction of sp³-hybridized carbons (Fsp3) is 0.240. The molecule has 0 saturated heterocycles. The lowest BCUT2D eigenvalue weighted by Gasteiger charge is -2.23. The fourth-order valence-electron chi connectivity index (χ4n) is 3.60. The minimum Gasteiger partial charge on any atom is -0.456 e. The molecule has 0 aliphatic carbocycles. The topological polar surface area (TPSA) is 97.6 Å². The van der Waals surface area contributed by atoms with Gasteiger partial charge in [0.15, 0.2) is 0 Å². The summed E-state index contributed by atoms with van der Waals surface area (Å²) < 4.78 is 34.7. The third kappa shape index (κ3) is 5.08. The maximum atomic E-state index is 13.2. The molecule has 0 saturated carbocycles. The van der Waals surface area contributed by atoms with Crippen LogP contribution < -0.4 is 10.2 Å². The largest absolute Gasteiger partial charge is 0.456 e. The first kappa shape index (κ1) is 23.0. The van der Waals surface area contributed by atoms with Crippen LogP contribution in [0.3, 0.4) is 0 Å². The predicted octanol–water partition coefficient (Wildman–Crippen LogP) is 4.53. The van der Waals surface area contributed by atoms with Crippen LogP contribution in [0.15, 0.2) is 82.1 Å². The number of amides is 1. The zero-order valence-corrected chi connectivity index (χ0v) is 19.3. The van der Waals surface area contributed by atoms with E-state index in [2.05, 4.69) is 10.2 Å². The van der Waals surface area contributed by atoms with E-state index in [1.165, 1.54) is 6.07 Å². The maximum Gasteiger partial charge on any atom is 0.261 e. The van der Waals surface area contributed by atoms with Gasteiger partial charge in [-0.1, -0.05) is 68.8 Å². The summed E-state index contributed by atoms with van der Waals surface area (Å²) >= 11 is 0. The molecule has 0 spiro atoms. The van der Waals surface area contributed by atoms with Crippen molar-refractivity contribution in [3.8, 4) is 0 Å². The zero-order valence-electron chi connectivity index (χ0n) is 18.4. The van der Waals surface area contributed by atoms with E-state index in [9.17, 15) is 13.2 Å². The van der Waals surface area contributed by atoms with Gasteiger partial charge in [-0.15, -0.1) is 0 Å². The summed E-state index contributed by atoms with van der Waals surface area (Å²) in [4.78, 5) is 18.2. The van der Waals surface area contributed by atoms with Crippen molar-refractivity contribution in [1.29, 1.82) is 0 Å². The molecule has 8 heteroatoms. The van der Waals surface area contributed by atoms with Gasteiger partial charge in [0.2, 0.25) is 10.0 Å². The minimum absolute atomic E-state index is 0.0628. The normalized spacial score (nSPS) is 13.8. The molecule has 0 bridgehead atoms. The van der Waals surface area contributed by atoms with Gasteiger partial charge < -0.3 is 4.42 Å². The number of hydrogen-bond acceptors (Lipinski definition) is 5. The first-order chi connectivity index (χ1) is 15.9. The summed E-state index contributed by atoms with van der Waals surface area (Å²) in [6.45, 7) is 3.89. The average Bonchev–Trinajstić information content (AvgIpc) is 3.20. The Kier molecular flexibility index (Phi) is 6.78. The molecular weight excluding hydrogens is 440 g/mol. The summed E-state index contributed by atoms with van der Waals surface area (Å²) in [5.41, 5.74) is 4.56. The van der Waals surface area contributed by atoms with Gasteiger partial charge in [-0.25, -0.2) is 13.9 Å². The van der Waals surface area contributed by atoms with Crippen molar-refractivity contribution < 1.29 is 22.5 Å². The van der Waals surface area contributed by atoms with Gasteiger partial charge in [-0.2, -0.15) is 4.72 Å². The smallest absolute Gasteiger partial charge is 0.261 e. The quantitative estimate of drug-likeness (QED) is 0.353. The van der Waals surface area contributed by atoms with Crippen molar-refractivity contribution >= 4 is 37.9 Å². The maximum absolute atomic E-state index is 13.2. The second-order valence-corrected chi connectivity index (χ2v) is 9.70. The zero-order chi connectivity index (χ0) is 23.4. The molecule has 0 radical (unpaired) electrons. The summed E-state index contributed by atoms with van der Waals surface area (Å²) in [5, 5.41) is 1.53. The molecule has 0 aliphatic heterocycles. The lowest BCUT2D eigenvalue weighted by atomic mass is 10.00. The molecule has 2 unspecified atom stereocenters. The van der Waals surface area contributed by atoms with E-state index in [4.69, 9.17) is 9.25 Å². The fourth-order valence-corrected chi connectivity index (χ4v) is 4.93. The van der Waals surface area contributed by atoms with Gasteiger partial charge in [0, 0.05) is 10.8 Å². The average molecular weight is 467 g/mol. The Labute approximate surface area is 192 Å². The molecule has 1 aromatic heterocycles. The number of nitrogens with one attached hydrogen (secondary N) is 2. The Bertz CT molecular complexity index is 1370. The van der Waals surface area contributed by atoms with Crippen molar-refractivity contribution in [1.82, 2.24) is 10.2 Å². The highest BCUT2D eigenvalue weighted by Gasteiger charge is 2.30. The summed E-state index contributed by atoms with van der Waals surface area (Å²) in [7, 11) is -3.98. The van der Waals surface area contributed by atoms with Gasteiger partial charge in [0.25, 0.3) is 5.91 Å². The highest BCUT2D eigenvalue weighted by molar-refractivity contribution is 7.89. The van der Waals surface area contributed by atoms with Crippen LogP contribution in [0, 0.1) is 5.92 Å². The third-order valence-electron chi connectivity index (χ3n) is 5.69. The summed E-state index contributed by atoms with van der Waals surface area (Å²) in [6.07, 6.45) is 0.602. The summed E-state index contributed by atoms with van der Waals surface area (Å²) in [5.74, 6) is -0.794. The van der Waals surface area contributed by atoms with Gasteiger partial charge in [0.1, 0.15) is 17.2 Å². The van der Waals surface area contributed by atoms with Crippen LogP contribution in [0.2, 0.25) is 0 Å². The molecule has 4 rings (SSSR count). The number of hydroxylamine groups is 1. The van der Waals surface area contributed by atoms with Crippen LogP contribution in [0.4, 0.5) is 0 Å². The number of furan rings is 1. The summed E-state index contributed by atoms with van der Waals surface area (Å²) in [6, 6.07) is 20.5. The molecule has 1 amide bonds. The van der Waals surface area contributed by atoms with Crippen LogP contribution in [0.1, 0.15) is 25.8 Å². The number of para-hydroxylation sites is 1. The van der Waals surface area contributed by atoms with Gasteiger partial charge in [-0.05, 0) is 35.7 Å². The van der Waals surface area contributed by atoms with Crippen LogP contribution in [0.25, 0.3) is 21.9 Å². The first-order valence-electron chi connectivity index (χ1n) is 10.8. The lowest BCUT2D eigenvalue weighted by molar-refractivity contribution is -0.137. The number of fused-ring (bicyclic) bond motifs is 3. The van der Waals surface area contributed by atoms with Crippen molar-refractivity contribution in [3.05, 3.63) is 78.4 Å². The Morgan fingerprint density at radius 2 is 1.67 bits per heavy atom. The highest BCUT2D eigenvalue weighted by atomic mass is 32.2. The molecule has 0 aliphatic rings. The van der Waals surface area contributed by atoms with Crippen molar-refractivity contribution in [2.75, 3.05) is 0 Å². The van der Waals surface area contributed by atoms with Crippen molar-refractivity contribution in [2.24, 2.45) is 5.92 Å². The Morgan fingerprint density at radius 3 is 2.42 bits per heavy atom. The first-order valence-corrected chi connectivity index (χ1v) is 12.3. The number of sulfonamides is 1. The molecule has 1 heterocycles. The van der Waals surface area contributed by atoms with Crippen LogP contribution >= 0.6 is 0 Å². The lowest BCUT2D eigenvalue weighted by Crippen LogP contribution is -2.50. The van der Waals surface area contributed by atoms with Crippen LogP contribution in [-0.4, -0.2) is 20.4 Å². The molecule has 7 nitrogen and oxygen atoms in total. The molecule has 4 aromatic rings. The second-order valence-electron chi connectivity index (χ2n) is 7.98. The van der Waals surface area contributed by atoms with Gasteiger partial charge in [-0.3, -0.25) is 9.63 Å². The predicted molar refractivity (Wildman–Crippen MR) is 127 cm³/mol. The Hall–Kier alpha value is -3.20. The van der Waals surface area contributed by atoms with E-state index in [1.807, 2.05) is 68.4 Å². The number of benzene rings is 3. The van der Waals surface area contributed by atoms with E-state index < -0.39 is 22.0 Å². The highest BCUT2D eigenvalue weighted by Crippen LogP contribution is 2.30. The standard InChI is InChI=1S/C25H26N2O5S/c1-3-17(2)24(25(28)26-31-16-18-9-5-4-6-10-18)27-33(29,30)19-13-14-23-21(15-19)20-11-7-8-12-22(20)32-23/h4-15,17,24,27H,3,16H2,1-2H3,(H,26,28). The third-order valence-corrected chi connectivity index (χ3v) is 7.13. The second kappa shape index (κ2) is 9.74. The molecular formula is C25H26N2O5S. The van der Waals surface area contributed by atoms with E-state index in [1.54, 1.807) is 12.1 Å². The van der Waals surface area contributed by atoms with E-state index >= 15 is 0 Å². The number of rotatable bonds is 9. The SMILES string of the molecule is CCC(C)C(NS(=O)(=O)c1ccc2oc3ccccc3c2c1)C(=O)NOCc1ccccc1. The molecule has 0 fully saturated rings. The number of hydrogen-bond donors (Lipinski definition) is 2. The minimum atomic E-state index is -3.98. The van der Waals surface area contributed by atoms with Crippen molar-refractivity contribution in [2.45, 2.75) is 37.8 Å². The monoisotopic (exact) mass is 466 g/mol. The van der Waals surface area contributed by atoms with Crippen LogP contribution in [0.5, 0.6) is 0 Å². The van der Waals surface area contributed by atoms with Crippen molar-refractivity contribution in [3.63, 3.8) is 0 Å². The molecule has 3 aromatic carbocycles. The number of carbonyl (C=O) groups is 1. The van der Waals surface area contributed by atoms with E-state index in [0.717, 1.165) is 10.9 Å². The van der Waals surface area contributed by atoms with E-state index in [0.29, 0.717) is 23.0 Å². The molecule has 33 heavy (non-hydrogen) atoms. The Morgan fingerprint density at radius 1 is 0.970 bits per heavy atom.